The van der Waals surface area contributed by atoms with Crippen LogP contribution in [0.3, 0.4) is 0 Å². The third-order valence-electron chi connectivity index (χ3n) is 5.77. The normalized spacial score (nSPS) is 10.8. The number of benzene rings is 2. The van der Waals surface area contributed by atoms with Crippen LogP contribution in [0.25, 0.3) is 0 Å². The number of carboxylic acid groups (broad SMARTS) is 1. The van der Waals surface area contributed by atoms with Gasteiger partial charge in [0.2, 0.25) is 0 Å². The van der Waals surface area contributed by atoms with Gasteiger partial charge < -0.3 is 31.1 Å². The van der Waals surface area contributed by atoms with Gasteiger partial charge in [-0.05, 0) is 94.5 Å². The van der Waals surface area contributed by atoms with Crippen molar-refractivity contribution < 1.29 is 19.4 Å². The molecule has 10 nitrogen and oxygen atoms in total. The lowest BCUT2D eigenvalue weighted by molar-refractivity contribution is -0.139. The molecule has 1 amide bonds. The van der Waals surface area contributed by atoms with Crippen LogP contribution in [0.1, 0.15) is 39.3 Å². The number of pyridine rings is 1. The summed E-state index contributed by atoms with van der Waals surface area (Å²) in [5, 5.41) is 23.2. The fourth-order valence-electron chi connectivity index (χ4n) is 3.97. The van der Waals surface area contributed by atoms with Crippen molar-refractivity contribution in [1.29, 1.82) is 5.41 Å². The van der Waals surface area contributed by atoms with Gasteiger partial charge >= 0.3 is 5.97 Å². The van der Waals surface area contributed by atoms with Crippen LogP contribution in [0.15, 0.2) is 48.5 Å². The Balaban J connectivity index is 1.85. The highest BCUT2D eigenvalue weighted by atomic mass is 35.5. The molecular weight excluding hydrogens is 520 g/mol. The third kappa shape index (κ3) is 8.69. The van der Waals surface area contributed by atoms with Crippen LogP contribution < -0.4 is 21.1 Å². The minimum Gasteiger partial charge on any atom is -0.480 e. The minimum absolute atomic E-state index is 0.0634. The molecule has 0 atom stereocenters. The van der Waals surface area contributed by atoms with Gasteiger partial charge in [-0.2, -0.15) is 0 Å². The molecule has 6 N–H and O–H groups in total. The zero-order valence-electron chi connectivity index (χ0n) is 22.2. The van der Waals surface area contributed by atoms with Crippen LogP contribution in [-0.4, -0.2) is 59.9 Å². The smallest absolute Gasteiger partial charge is 0.341 e. The molecule has 1 heterocycles. The van der Waals surface area contributed by atoms with Crippen LogP contribution in [0, 0.1) is 12.3 Å². The van der Waals surface area contributed by atoms with Gasteiger partial charge in [-0.1, -0.05) is 11.6 Å². The summed E-state index contributed by atoms with van der Waals surface area (Å²) >= 11 is 6.21. The van der Waals surface area contributed by atoms with Crippen molar-refractivity contribution in [1.82, 2.24) is 9.88 Å². The van der Waals surface area contributed by atoms with E-state index >= 15 is 0 Å². The maximum atomic E-state index is 13.2. The van der Waals surface area contributed by atoms with E-state index in [2.05, 4.69) is 20.5 Å². The Bertz CT molecular complexity index is 1340. The van der Waals surface area contributed by atoms with Gasteiger partial charge in [-0.15, -0.1) is 0 Å². The molecule has 0 spiro atoms. The number of amidine groups is 1. The highest BCUT2D eigenvalue weighted by Gasteiger charge is 2.17. The van der Waals surface area contributed by atoms with E-state index in [0.29, 0.717) is 45.4 Å². The number of ether oxygens (including phenoxy) is 1. The van der Waals surface area contributed by atoms with E-state index in [9.17, 15) is 14.7 Å². The SMILES string of the molecule is Cc1cc(CCCN(C)C)c(OCC(=O)O)c(CNc2ccc(Cl)cc2C(=O)Nc2ccc(C(=N)N)cc2)n1. The van der Waals surface area contributed by atoms with Gasteiger partial charge in [0.15, 0.2) is 6.61 Å². The Morgan fingerprint density at radius 1 is 1.15 bits per heavy atom. The largest absolute Gasteiger partial charge is 0.480 e. The molecule has 0 saturated heterocycles. The van der Waals surface area contributed by atoms with Gasteiger partial charge in [-0.3, -0.25) is 15.2 Å². The van der Waals surface area contributed by atoms with Crippen molar-refractivity contribution in [3.63, 3.8) is 0 Å². The lowest BCUT2D eigenvalue weighted by Crippen LogP contribution is -2.18. The number of amides is 1. The lowest BCUT2D eigenvalue weighted by atomic mass is 10.1. The topological polar surface area (TPSA) is 154 Å². The number of nitrogens with zero attached hydrogens (tertiary/aromatic N) is 2. The quantitative estimate of drug-likeness (QED) is 0.156. The maximum Gasteiger partial charge on any atom is 0.341 e. The number of halogens is 1. The molecule has 0 aliphatic heterocycles. The van der Waals surface area contributed by atoms with Crippen LogP contribution >= 0.6 is 11.6 Å². The second-order valence-electron chi connectivity index (χ2n) is 9.28. The van der Waals surface area contributed by atoms with Gasteiger partial charge in [0.25, 0.3) is 5.91 Å². The first-order valence-electron chi connectivity index (χ1n) is 12.3. The number of nitrogens with two attached hydrogens (primary N) is 1. The maximum absolute atomic E-state index is 13.2. The molecular formula is C28H33ClN6O4. The molecule has 0 bridgehead atoms. The summed E-state index contributed by atoms with van der Waals surface area (Å²) in [6.45, 7) is 2.44. The number of anilines is 2. The Morgan fingerprint density at radius 3 is 2.51 bits per heavy atom. The first-order chi connectivity index (χ1) is 18.5. The van der Waals surface area contributed by atoms with E-state index in [1.165, 1.54) is 0 Å². The van der Waals surface area contributed by atoms with Crippen molar-refractivity contribution in [3.05, 3.63) is 81.6 Å². The Morgan fingerprint density at radius 2 is 1.87 bits per heavy atom. The highest BCUT2D eigenvalue weighted by molar-refractivity contribution is 6.31. The fourth-order valence-corrected chi connectivity index (χ4v) is 4.14. The number of hydrogen-bond acceptors (Lipinski definition) is 7. The molecule has 3 rings (SSSR count). The number of aliphatic carboxylic acids is 1. The summed E-state index contributed by atoms with van der Waals surface area (Å²) in [7, 11) is 3.99. The molecule has 0 saturated carbocycles. The van der Waals surface area contributed by atoms with Gasteiger partial charge in [-0.25, -0.2) is 4.79 Å². The average molecular weight is 553 g/mol. The number of carbonyl (C=O) groups excluding carboxylic acids is 1. The van der Waals surface area contributed by atoms with E-state index in [1.807, 2.05) is 27.1 Å². The standard InChI is InChI=1S/C28H33ClN6O4/c1-17-13-19(5-4-12-35(2)3)26(39-16-25(36)37)24(33-17)15-32-23-11-8-20(29)14-22(23)28(38)34-21-9-6-18(7-10-21)27(30)31/h6-11,13-14,32H,4-5,12,15-16H2,1-3H3,(H3,30,31)(H,34,38)(H,36,37). The Hall–Kier alpha value is -4.15. The lowest BCUT2D eigenvalue weighted by Gasteiger charge is -2.18. The summed E-state index contributed by atoms with van der Waals surface area (Å²) in [6, 6.07) is 13.4. The van der Waals surface area contributed by atoms with E-state index in [4.69, 9.17) is 27.5 Å². The first kappa shape index (κ1) is 29.4. The van der Waals surface area contributed by atoms with Crippen molar-refractivity contribution >= 4 is 40.7 Å². The van der Waals surface area contributed by atoms with Crippen molar-refractivity contribution in [2.45, 2.75) is 26.3 Å². The number of rotatable bonds is 13. The molecule has 3 aromatic rings. The number of carboxylic acids is 1. The number of aryl methyl sites for hydroxylation is 2. The highest BCUT2D eigenvalue weighted by Crippen LogP contribution is 2.28. The van der Waals surface area contributed by atoms with E-state index in [-0.39, 0.29) is 18.3 Å². The van der Waals surface area contributed by atoms with Gasteiger partial charge in [0.05, 0.1) is 12.1 Å². The van der Waals surface area contributed by atoms with Crippen molar-refractivity contribution in [3.8, 4) is 5.75 Å². The fraction of sp³-hybridized carbons (Fsp3) is 0.286. The van der Waals surface area contributed by atoms with Crippen LogP contribution in [0.2, 0.25) is 5.02 Å². The number of nitrogen functional groups attached to an aromatic ring is 1. The molecule has 0 unspecified atom stereocenters. The first-order valence-corrected chi connectivity index (χ1v) is 12.7. The molecule has 2 aromatic carbocycles. The van der Waals surface area contributed by atoms with Crippen LogP contribution in [0.4, 0.5) is 11.4 Å². The monoisotopic (exact) mass is 552 g/mol. The molecule has 0 fully saturated rings. The number of carbonyl (C=O) groups is 2. The zero-order chi connectivity index (χ0) is 28.5. The third-order valence-corrected chi connectivity index (χ3v) is 6.00. The molecule has 206 valence electrons. The van der Waals surface area contributed by atoms with Crippen LogP contribution in [-0.2, 0) is 17.8 Å². The molecule has 0 aliphatic rings. The van der Waals surface area contributed by atoms with Crippen molar-refractivity contribution in [2.75, 3.05) is 37.9 Å². The molecule has 0 radical (unpaired) electrons. The summed E-state index contributed by atoms with van der Waals surface area (Å²) in [5.74, 6) is -1.10. The summed E-state index contributed by atoms with van der Waals surface area (Å²) in [6.07, 6.45) is 1.56. The summed E-state index contributed by atoms with van der Waals surface area (Å²) in [5.41, 5.74) is 9.60. The number of aromatic nitrogens is 1. The second-order valence-corrected chi connectivity index (χ2v) is 9.71. The Kier molecular flexibility index (Phi) is 10.2. The summed E-state index contributed by atoms with van der Waals surface area (Å²) < 4.78 is 5.69. The van der Waals surface area contributed by atoms with Crippen molar-refractivity contribution in [2.24, 2.45) is 5.73 Å². The second kappa shape index (κ2) is 13.6. The summed E-state index contributed by atoms with van der Waals surface area (Å²) in [4.78, 5) is 31.1. The van der Waals surface area contributed by atoms with E-state index in [1.54, 1.807) is 42.5 Å². The Labute approximate surface area is 232 Å². The van der Waals surface area contributed by atoms with Crippen LogP contribution in [0.5, 0.6) is 5.75 Å². The predicted molar refractivity (Wildman–Crippen MR) is 153 cm³/mol. The minimum atomic E-state index is -1.08. The predicted octanol–water partition coefficient (Wildman–Crippen LogP) is 4.15. The van der Waals surface area contributed by atoms with Gasteiger partial charge in [0, 0.05) is 27.7 Å². The molecule has 0 aliphatic carbocycles. The van der Waals surface area contributed by atoms with E-state index in [0.717, 1.165) is 24.2 Å². The van der Waals surface area contributed by atoms with Gasteiger partial charge in [0.1, 0.15) is 17.3 Å². The molecule has 1 aromatic heterocycles. The average Bonchev–Trinajstić information content (AvgIpc) is 2.87. The molecule has 11 heteroatoms. The zero-order valence-corrected chi connectivity index (χ0v) is 22.9. The number of hydrogen-bond donors (Lipinski definition) is 5. The number of nitrogens with one attached hydrogen (secondary N) is 3. The van der Waals surface area contributed by atoms with E-state index < -0.39 is 12.6 Å². The molecule has 39 heavy (non-hydrogen) atoms.